The summed E-state index contributed by atoms with van der Waals surface area (Å²) in [6, 6.07) is 1.95. The Bertz CT molecular complexity index is 521. The lowest BCUT2D eigenvalue weighted by Crippen LogP contribution is -2.43. The van der Waals surface area contributed by atoms with Gasteiger partial charge in [0.05, 0.1) is 7.11 Å². The molecule has 1 fully saturated rings. The molecular formula is C15H21BrN2O3. The number of carbonyl (C=O) groups is 2. The molecule has 0 unspecified atom stereocenters. The Hall–Kier alpha value is -1.30. The Kier molecular flexibility index (Phi) is 5.45. The SMILES string of the molecule is CCn1cc(Br)cc1C(=O)N(CC(=O)OC)C1CCCC1. The monoisotopic (exact) mass is 356 g/mol. The van der Waals surface area contributed by atoms with Gasteiger partial charge in [-0.1, -0.05) is 12.8 Å². The zero-order valence-electron chi connectivity index (χ0n) is 12.5. The Morgan fingerprint density at radius 2 is 2.10 bits per heavy atom. The van der Waals surface area contributed by atoms with E-state index in [-0.39, 0.29) is 24.5 Å². The average Bonchev–Trinajstić information content (AvgIpc) is 3.12. The third kappa shape index (κ3) is 3.67. The maximum Gasteiger partial charge on any atom is 0.325 e. The van der Waals surface area contributed by atoms with Crippen LogP contribution in [0, 0.1) is 0 Å². The zero-order chi connectivity index (χ0) is 15.4. The van der Waals surface area contributed by atoms with Crippen molar-refractivity contribution in [2.24, 2.45) is 0 Å². The predicted molar refractivity (Wildman–Crippen MR) is 83.1 cm³/mol. The van der Waals surface area contributed by atoms with Gasteiger partial charge in [0.25, 0.3) is 5.91 Å². The summed E-state index contributed by atoms with van der Waals surface area (Å²) in [7, 11) is 1.35. The highest BCUT2D eigenvalue weighted by molar-refractivity contribution is 9.10. The molecule has 0 radical (unpaired) electrons. The van der Waals surface area contributed by atoms with Crippen LogP contribution in [0.1, 0.15) is 43.1 Å². The van der Waals surface area contributed by atoms with Gasteiger partial charge in [-0.25, -0.2) is 0 Å². The molecule has 0 bridgehead atoms. The van der Waals surface area contributed by atoms with Crippen LogP contribution in [0.5, 0.6) is 0 Å². The van der Waals surface area contributed by atoms with Crippen molar-refractivity contribution in [3.05, 3.63) is 22.4 Å². The molecule has 1 aromatic rings. The van der Waals surface area contributed by atoms with E-state index in [4.69, 9.17) is 4.74 Å². The van der Waals surface area contributed by atoms with E-state index in [1.165, 1.54) is 7.11 Å². The molecule has 0 spiro atoms. The number of rotatable bonds is 5. The van der Waals surface area contributed by atoms with Gasteiger partial charge in [-0.2, -0.15) is 0 Å². The van der Waals surface area contributed by atoms with Gasteiger partial charge in [0.2, 0.25) is 0 Å². The highest BCUT2D eigenvalue weighted by Crippen LogP contribution is 2.26. The number of amides is 1. The highest BCUT2D eigenvalue weighted by Gasteiger charge is 2.30. The van der Waals surface area contributed by atoms with E-state index in [1.54, 1.807) is 4.90 Å². The maximum absolute atomic E-state index is 12.9. The van der Waals surface area contributed by atoms with Crippen LogP contribution in [0.4, 0.5) is 0 Å². The number of hydrogen-bond acceptors (Lipinski definition) is 3. The van der Waals surface area contributed by atoms with Gasteiger partial charge in [-0.15, -0.1) is 0 Å². The van der Waals surface area contributed by atoms with Crippen molar-refractivity contribution in [3.8, 4) is 0 Å². The van der Waals surface area contributed by atoms with Crippen LogP contribution >= 0.6 is 15.9 Å². The van der Waals surface area contributed by atoms with Crippen LogP contribution in [0.2, 0.25) is 0 Å². The van der Waals surface area contributed by atoms with Crippen LogP contribution < -0.4 is 0 Å². The molecule has 0 aromatic carbocycles. The molecule has 0 saturated heterocycles. The number of aryl methyl sites for hydroxylation is 1. The van der Waals surface area contributed by atoms with Gasteiger partial charge in [-0.05, 0) is 41.8 Å². The lowest BCUT2D eigenvalue weighted by molar-refractivity contribution is -0.141. The fraction of sp³-hybridized carbons (Fsp3) is 0.600. The summed E-state index contributed by atoms with van der Waals surface area (Å²) >= 11 is 3.41. The van der Waals surface area contributed by atoms with Crippen molar-refractivity contribution < 1.29 is 14.3 Å². The number of aromatic nitrogens is 1. The van der Waals surface area contributed by atoms with E-state index >= 15 is 0 Å². The molecule has 0 atom stereocenters. The summed E-state index contributed by atoms with van der Waals surface area (Å²) < 4.78 is 7.51. The minimum absolute atomic E-state index is 0.0204. The van der Waals surface area contributed by atoms with E-state index in [2.05, 4.69) is 15.9 Å². The Morgan fingerprint density at radius 3 is 2.67 bits per heavy atom. The smallest absolute Gasteiger partial charge is 0.325 e. The fourth-order valence-corrected chi connectivity index (χ4v) is 3.31. The minimum atomic E-state index is -0.371. The first-order valence-electron chi connectivity index (χ1n) is 7.30. The molecule has 0 aliphatic heterocycles. The van der Waals surface area contributed by atoms with Crippen molar-refractivity contribution in [2.45, 2.75) is 45.2 Å². The maximum atomic E-state index is 12.9. The molecule has 1 aliphatic carbocycles. The molecule has 1 aromatic heterocycles. The normalized spacial score (nSPS) is 15.2. The van der Waals surface area contributed by atoms with Gasteiger partial charge >= 0.3 is 5.97 Å². The Balaban J connectivity index is 2.25. The number of methoxy groups -OCH3 is 1. The quantitative estimate of drug-likeness (QED) is 0.762. The van der Waals surface area contributed by atoms with E-state index in [0.29, 0.717) is 12.2 Å². The lowest BCUT2D eigenvalue weighted by Gasteiger charge is -2.28. The molecule has 116 valence electrons. The van der Waals surface area contributed by atoms with E-state index < -0.39 is 0 Å². The van der Waals surface area contributed by atoms with Crippen molar-refractivity contribution in [1.82, 2.24) is 9.47 Å². The molecule has 5 nitrogen and oxygen atoms in total. The molecule has 1 aliphatic rings. The first kappa shape index (κ1) is 16.1. The second kappa shape index (κ2) is 7.11. The van der Waals surface area contributed by atoms with Gasteiger partial charge in [0, 0.05) is 23.3 Å². The average molecular weight is 357 g/mol. The lowest BCUT2D eigenvalue weighted by atomic mass is 10.2. The van der Waals surface area contributed by atoms with Crippen molar-refractivity contribution in [2.75, 3.05) is 13.7 Å². The van der Waals surface area contributed by atoms with Crippen LogP contribution in [-0.4, -0.2) is 41.0 Å². The van der Waals surface area contributed by atoms with Crippen LogP contribution in [-0.2, 0) is 16.1 Å². The fourth-order valence-electron chi connectivity index (χ4n) is 2.85. The second-order valence-corrected chi connectivity index (χ2v) is 6.19. The van der Waals surface area contributed by atoms with Crippen molar-refractivity contribution in [1.29, 1.82) is 0 Å². The number of halogens is 1. The van der Waals surface area contributed by atoms with Gasteiger partial charge in [0.1, 0.15) is 12.2 Å². The Morgan fingerprint density at radius 1 is 1.43 bits per heavy atom. The van der Waals surface area contributed by atoms with Crippen molar-refractivity contribution >= 4 is 27.8 Å². The highest BCUT2D eigenvalue weighted by atomic mass is 79.9. The summed E-state index contributed by atoms with van der Waals surface area (Å²) in [5, 5.41) is 0. The predicted octanol–water partition coefficient (Wildman–Crippen LogP) is 2.83. The van der Waals surface area contributed by atoms with E-state index in [9.17, 15) is 9.59 Å². The van der Waals surface area contributed by atoms with Gasteiger partial charge < -0.3 is 14.2 Å². The number of nitrogens with zero attached hydrogens (tertiary/aromatic N) is 2. The summed E-state index contributed by atoms with van der Waals surface area (Å²) in [6.45, 7) is 2.72. The zero-order valence-corrected chi connectivity index (χ0v) is 14.1. The molecule has 1 amide bonds. The summed E-state index contributed by atoms with van der Waals surface area (Å²) in [5.41, 5.74) is 0.611. The first-order chi connectivity index (χ1) is 10.1. The third-order valence-electron chi connectivity index (χ3n) is 3.98. The largest absolute Gasteiger partial charge is 0.468 e. The van der Waals surface area contributed by atoms with Gasteiger partial charge in [-0.3, -0.25) is 9.59 Å². The van der Waals surface area contributed by atoms with Crippen LogP contribution in [0.15, 0.2) is 16.7 Å². The Labute approximate surface area is 133 Å². The number of esters is 1. The molecule has 2 rings (SSSR count). The molecule has 21 heavy (non-hydrogen) atoms. The number of hydrogen-bond donors (Lipinski definition) is 0. The summed E-state index contributed by atoms with van der Waals surface area (Å²) in [5.74, 6) is -0.469. The van der Waals surface area contributed by atoms with Crippen molar-refractivity contribution in [3.63, 3.8) is 0 Å². The number of carbonyl (C=O) groups excluding carboxylic acids is 2. The second-order valence-electron chi connectivity index (χ2n) is 5.28. The molecular weight excluding hydrogens is 336 g/mol. The molecule has 1 heterocycles. The first-order valence-corrected chi connectivity index (χ1v) is 8.09. The van der Waals surface area contributed by atoms with Gasteiger partial charge in [0.15, 0.2) is 0 Å². The van der Waals surface area contributed by atoms with E-state index in [0.717, 1.165) is 30.2 Å². The topological polar surface area (TPSA) is 51.5 Å². The van der Waals surface area contributed by atoms with Crippen LogP contribution in [0.3, 0.4) is 0 Å². The number of ether oxygens (including phenoxy) is 1. The summed E-state index contributed by atoms with van der Waals surface area (Å²) in [4.78, 5) is 26.2. The summed E-state index contributed by atoms with van der Waals surface area (Å²) in [6.07, 6.45) is 6.01. The van der Waals surface area contributed by atoms with Crippen LogP contribution in [0.25, 0.3) is 0 Å². The molecule has 6 heteroatoms. The molecule has 0 N–H and O–H groups in total. The van der Waals surface area contributed by atoms with E-state index in [1.807, 2.05) is 23.8 Å². The third-order valence-corrected chi connectivity index (χ3v) is 4.41. The minimum Gasteiger partial charge on any atom is -0.468 e. The molecule has 1 saturated carbocycles. The standard InChI is InChI=1S/C15H21BrN2O3/c1-3-17-9-11(16)8-13(17)15(20)18(10-14(19)21-2)12-6-4-5-7-12/h8-9,12H,3-7,10H2,1-2H3.